The second kappa shape index (κ2) is 9.04. The number of hydrogen-bond acceptors (Lipinski definition) is 4. The van der Waals surface area contributed by atoms with Crippen LogP contribution in [0, 0.1) is 11.3 Å². The van der Waals surface area contributed by atoms with Gasteiger partial charge in [-0.15, -0.1) is 0 Å². The minimum atomic E-state index is -0.166. The van der Waals surface area contributed by atoms with Crippen molar-refractivity contribution < 1.29 is 9.59 Å². The van der Waals surface area contributed by atoms with Gasteiger partial charge in [-0.2, -0.15) is 5.26 Å². The lowest BCUT2D eigenvalue weighted by atomic mass is 10.1. The highest BCUT2D eigenvalue weighted by atomic mass is 16.2. The number of nitrogens with zero attached hydrogens (tertiary/aromatic N) is 3. The first-order valence-corrected chi connectivity index (χ1v) is 8.35. The summed E-state index contributed by atoms with van der Waals surface area (Å²) in [5.41, 5.74) is 0.961. The van der Waals surface area contributed by atoms with Crippen molar-refractivity contribution in [3.63, 3.8) is 0 Å². The average molecular weight is 328 g/mol. The number of para-hydroxylation sites is 1. The minimum Gasteiger partial charge on any atom is -0.341 e. The van der Waals surface area contributed by atoms with Gasteiger partial charge in [0.1, 0.15) is 6.07 Å². The second-order valence-electron chi connectivity index (χ2n) is 6.10. The van der Waals surface area contributed by atoms with Gasteiger partial charge in [0.25, 0.3) is 0 Å². The Kier molecular flexibility index (Phi) is 6.76. The largest absolute Gasteiger partial charge is 0.341 e. The van der Waals surface area contributed by atoms with Crippen molar-refractivity contribution in [1.82, 2.24) is 9.80 Å². The van der Waals surface area contributed by atoms with E-state index in [-0.39, 0.29) is 18.2 Å². The molecule has 1 heterocycles. The van der Waals surface area contributed by atoms with Crippen LogP contribution in [-0.2, 0) is 9.59 Å². The van der Waals surface area contributed by atoms with E-state index in [4.69, 9.17) is 5.26 Å². The normalized spacial score (nSPS) is 15.4. The highest BCUT2D eigenvalue weighted by molar-refractivity contribution is 5.92. The lowest BCUT2D eigenvalue weighted by Crippen LogP contribution is -2.34. The predicted octanol–water partition coefficient (Wildman–Crippen LogP) is 1.83. The zero-order valence-corrected chi connectivity index (χ0v) is 14.1. The molecule has 0 saturated carbocycles. The van der Waals surface area contributed by atoms with E-state index in [0.29, 0.717) is 24.1 Å². The zero-order chi connectivity index (χ0) is 17.4. The summed E-state index contributed by atoms with van der Waals surface area (Å²) in [5, 5.41) is 11.7. The zero-order valence-electron chi connectivity index (χ0n) is 14.1. The van der Waals surface area contributed by atoms with E-state index in [9.17, 15) is 9.59 Å². The lowest BCUT2D eigenvalue weighted by molar-refractivity contribution is -0.131. The first-order chi connectivity index (χ1) is 11.6. The summed E-state index contributed by atoms with van der Waals surface area (Å²) in [6.07, 6.45) is 2.18. The average Bonchev–Trinajstić information content (AvgIpc) is 2.80. The van der Waals surface area contributed by atoms with Gasteiger partial charge < -0.3 is 15.1 Å². The molecule has 1 aromatic carbocycles. The molecule has 1 aromatic rings. The maximum absolute atomic E-state index is 12.2. The van der Waals surface area contributed by atoms with Crippen LogP contribution < -0.4 is 5.32 Å². The number of carbonyl (C=O) groups excluding carboxylic acids is 2. The Morgan fingerprint density at radius 1 is 1.17 bits per heavy atom. The van der Waals surface area contributed by atoms with Crippen LogP contribution in [0.1, 0.15) is 31.2 Å². The first kappa shape index (κ1) is 18.0. The van der Waals surface area contributed by atoms with E-state index < -0.39 is 0 Å². The molecule has 0 radical (unpaired) electrons. The Morgan fingerprint density at radius 2 is 1.96 bits per heavy atom. The molecule has 1 N–H and O–H groups in total. The van der Waals surface area contributed by atoms with E-state index in [0.717, 1.165) is 32.6 Å². The molecular weight excluding hydrogens is 304 g/mol. The molecule has 1 aliphatic rings. The molecule has 1 fully saturated rings. The van der Waals surface area contributed by atoms with Gasteiger partial charge in [0.05, 0.1) is 11.3 Å². The molecule has 1 saturated heterocycles. The third-order valence-corrected chi connectivity index (χ3v) is 4.19. The molecule has 0 atom stereocenters. The SMILES string of the molecule is CN1CCCN(C(=O)CCCC(=O)Nc2ccccc2C#N)CC1. The standard InChI is InChI=1S/C18H24N4O2/c1-21-10-5-11-22(13-12-21)18(24)9-4-8-17(23)20-16-7-3-2-6-15(16)14-19/h2-3,6-7H,4-5,8-13H2,1H3,(H,20,23). The lowest BCUT2D eigenvalue weighted by Gasteiger charge is -2.20. The number of rotatable bonds is 5. The summed E-state index contributed by atoms with van der Waals surface area (Å²) in [6, 6.07) is 8.94. The minimum absolute atomic E-state index is 0.121. The van der Waals surface area contributed by atoms with Crippen LogP contribution in [0.2, 0.25) is 0 Å². The van der Waals surface area contributed by atoms with Crippen molar-refractivity contribution >= 4 is 17.5 Å². The quantitative estimate of drug-likeness (QED) is 0.894. The van der Waals surface area contributed by atoms with Gasteiger partial charge in [0, 0.05) is 32.5 Å². The number of nitrogens with one attached hydrogen (secondary N) is 1. The number of carbonyl (C=O) groups is 2. The fourth-order valence-corrected chi connectivity index (χ4v) is 2.76. The van der Waals surface area contributed by atoms with Gasteiger partial charge in [-0.3, -0.25) is 9.59 Å². The van der Waals surface area contributed by atoms with Crippen LogP contribution in [0.5, 0.6) is 0 Å². The highest BCUT2D eigenvalue weighted by Gasteiger charge is 2.17. The molecule has 6 nitrogen and oxygen atoms in total. The summed E-state index contributed by atoms with van der Waals surface area (Å²) < 4.78 is 0. The van der Waals surface area contributed by atoms with Gasteiger partial charge in [0.15, 0.2) is 0 Å². The van der Waals surface area contributed by atoms with Crippen molar-refractivity contribution in [2.75, 3.05) is 38.5 Å². The van der Waals surface area contributed by atoms with Crippen molar-refractivity contribution in [1.29, 1.82) is 5.26 Å². The Bertz CT molecular complexity index is 624. The highest BCUT2D eigenvalue weighted by Crippen LogP contribution is 2.14. The number of benzene rings is 1. The number of nitriles is 1. The third kappa shape index (κ3) is 5.36. The predicted molar refractivity (Wildman–Crippen MR) is 92.3 cm³/mol. The van der Waals surface area contributed by atoms with Crippen LogP contribution in [0.15, 0.2) is 24.3 Å². The van der Waals surface area contributed by atoms with E-state index in [1.54, 1.807) is 24.3 Å². The van der Waals surface area contributed by atoms with Gasteiger partial charge in [-0.05, 0) is 38.6 Å². The third-order valence-electron chi connectivity index (χ3n) is 4.19. The summed E-state index contributed by atoms with van der Waals surface area (Å²) in [4.78, 5) is 28.3. The monoisotopic (exact) mass is 328 g/mol. The van der Waals surface area contributed by atoms with Crippen LogP contribution in [0.25, 0.3) is 0 Å². The van der Waals surface area contributed by atoms with Gasteiger partial charge in [-0.1, -0.05) is 12.1 Å². The molecule has 128 valence electrons. The van der Waals surface area contributed by atoms with Crippen LogP contribution >= 0.6 is 0 Å². The second-order valence-corrected chi connectivity index (χ2v) is 6.10. The molecular formula is C18H24N4O2. The van der Waals surface area contributed by atoms with E-state index in [1.807, 2.05) is 11.0 Å². The van der Waals surface area contributed by atoms with Gasteiger partial charge >= 0.3 is 0 Å². The van der Waals surface area contributed by atoms with E-state index in [1.165, 1.54) is 0 Å². The first-order valence-electron chi connectivity index (χ1n) is 8.35. The summed E-state index contributed by atoms with van der Waals surface area (Å²) >= 11 is 0. The number of hydrogen-bond donors (Lipinski definition) is 1. The fraction of sp³-hybridized carbons (Fsp3) is 0.500. The molecule has 1 aliphatic heterocycles. The number of likely N-dealkylation sites (N-methyl/N-ethyl adjacent to an activating group) is 1. The molecule has 0 bridgehead atoms. The molecule has 0 aliphatic carbocycles. The van der Waals surface area contributed by atoms with Crippen molar-refractivity contribution in [2.45, 2.75) is 25.7 Å². The topological polar surface area (TPSA) is 76.4 Å². The van der Waals surface area contributed by atoms with Crippen LogP contribution in [-0.4, -0.2) is 54.8 Å². The van der Waals surface area contributed by atoms with E-state index >= 15 is 0 Å². The molecule has 0 unspecified atom stereocenters. The molecule has 2 rings (SSSR count). The van der Waals surface area contributed by atoms with Crippen molar-refractivity contribution in [3.8, 4) is 6.07 Å². The molecule has 0 aromatic heterocycles. The summed E-state index contributed by atoms with van der Waals surface area (Å²) in [6.45, 7) is 3.48. The van der Waals surface area contributed by atoms with Gasteiger partial charge in [0.2, 0.25) is 11.8 Å². The smallest absolute Gasteiger partial charge is 0.224 e. The fourth-order valence-electron chi connectivity index (χ4n) is 2.76. The Morgan fingerprint density at radius 3 is 2.75 bits per heavy atom. The Labute approximate surface area is 143 Å². The van der Waals surface area contributed by atoms with Gasteiger partial charge in [-0.25, -0.2) is 0 Å². The summed E-state index contributed by atoms with van der Waals surface area (Å²) in [7, 11) is 2.07. The maximum atomic E-state index is 12.2. The maximum Gasteiger partial charge on any atom is 0.224 e. The van der Waals surface area contributed by atoms with Crippen molar-refractivity contribution in [2.24, 2.45) is 0 Å². The van der Waals surface area contributed by atoms with E-state index in [2.05, 4.69) is 17.3 Å². The number of anilines is 1. The number of amides is 2. The molecule has 24 heavy (non-hydrogen) atoms. The Hall–Kier alpha value is -2.39. The summed E-state index contributed by atoms with van der Waals surface area (Å²) in [5.74, 6) is -0.0448. The Balaban J connectivity index is 1.74. The molecule has 2 amide bonds. The van der Waals surface area contributed by atoms with Crippen LogP contribution in [0.3, 0.4) is 0 Å². The van der Waals surface area contributed by atoms with Crippen LogP contribution in [0.4, 0.5) is 5.69 Å². The molecule has 0 spiro atoms. The van der Waals surface area contributed by atoms with Crippen molar-refractivity contribution in [3.05, 3.63) is 29.8 Å². The molecule has 6 heteroatoms.